The van der Waals surface area contributed by atoms with Gasteiger partial charge in [0.05, 0.1) is 5.56 Å². The molecule has 2 heterocycles. The average molecular weight is 307 g/mol. The number of carbonyl (C=O) groups is 2. The highest BCUT2D eigenvalue weighted by atomic mass is 16.6. The molecule has 1 saturated heterocycles. The Labute approximate surface area is 134 Å². The summed E-state index contributed by atoms with van der Waals surface area (Å²) in [6, 6.07) is 16.9. The molecular weight excluding hydrogens is 290 g/mol. The molecule has 4 heteroatoms. The lowest BCUT2D eigenvalue weighted by Crippen LogP contribution is -2.45. The van der Waals surface area contributed by atoms with Gasteiger partial charge in [0.2, 0.25) is 0 Å². The third kappa shape index (κ3) is 2.22. The fourth-order valence-electron chi connectivity index (χ4n) is 3.55. The summed E-state index contributed by atoms with van der Waals surface area (Å²) in [6.07, 6.45) is 1.29. The van der Waals surface area contributed by atoms with Crippen molar-refractivity contribution in [1.82, 2.24) is 4.90 Å². The minimum Gasteiger partial charge on any atom is -0.450 e. The molecule has 2 aliphatic rings. The lowest BCUT2D eigenvalue weighted by molar-refractivity contribution is -0.0389. The molecular formula is C19H17NO3. The summed E-state index contributed by atoms with van der Waals surface area (Å²) in [5, 5.41) is 0. The summed E-state index contributed by atoms with van der Waals surface area (Å²) >= 11 is 0. The van der Waals surface area contributed by atoms with E-state index in [1.54, 1.807) is 0 Å². The topological polar surface area (TPSA) is 46.6 Å². The fourth-order valence-corrected chi connectivity index (χ4v) is 3.55. The van der Waals surface area contributed by atoms with Gasteiger partial charge in [0.1, 0.15) is 5.60 Å². The number of likely N-dealkylation sites (tertiary alicyclic amines) is 1. The summed E-state index contributed by atoms with van der Waals surface area (Å²) in [7, 11) is 0. The molecule has 4 rings (SSSR count). The number of benzene rings is 2. The summed E-state index contributed by atoms with van der Waals surface area (Å²) in [5.41, 5.74) is 1.78. The van der Waals surface area contributed by atoms with Crippen LogP contribution in [0.3, 0.4) is 0 Å². The molecule has 23 heavy (non-hydrogen) atoms. The van der Waals surface area contributed by atoms with Crippen LogP contribution in [0.25, 0.3) is 0 Å². The monoisotopic (exact) mass is 307 g/mol. The van der Waals surface area contributed by atoms with Crippen molar-refractivity contribution in [2.75, 3.05) is 13.1 Å². The Morgan fingerprint density at radius 2 is 1.61 bits per heavy atom. The van der Waals surface area contributed by atoms with Crippen LogP contribution in [-0.4, -0.2) is 29.9 Å². The van der Waals surface area contributed by atoms with Crippen LogP contribution < -0.4 is 0 Å². The van der Waals surface area contributed by atoms with Gasteiger partial charge in [-0.05, 0) is 18.2 Å². The molecule has 0 unspecified atom stereocenters. The van der Waals surface area contributed by atoms with E-state index in [2.05, 4.69) is 0 Å². The SMILES string of the molecule is O=C1OC2(CCN(C(=O)c3ccccc3)CC2)c2ccccc21. The van der Waals surface area contributed by atoms with Gasteiger partial charge in [0.25, 0.3) is 5.91 Å². The van der Waals surface area contributed by atoms with E-state index >= 15 is 0 Å². The maximum Gasteiger partial charge on any atom is 0.339 e. The highest BCUT2D eigenvalue weighted by molar-refractivity contribution is 5.95. The number of hydrogen-bond acceptors (Lipinski definition) is 3. The third-order valence-electron chi connectivity index (χ3n) is 4.80. The number of fused-ring (bicyclic) bond motifs is 2. The average Bonchev–Trinajstić information content (AvgIpc) is 2.88. The summed E-state index contributed by atoms with van der Waals surface area (Å²) in [6.45, 7) is 1.19. The molecule has 0 aromatic heterocycles. The summed E-state index contributed by atoms with van der Waals surface area (Å²) in [4.78, 5) is 26.4. The van der Waals surface area contributed by atoms with Crippen molar-refractivity contribution >= 4 is 11.9 Å². The summed E-state index contributed by atoms with van der Waals surface area (Å²) in [5.74, 6) is -0.207. The highest BCUT2D eigenvalue weighted by Gasteiger charge is 2.47. The molecule has 2 aliphatic heterocycles. The number of hydrogen-bond donors (Lipinski definition) is 0. The van der Waals surface area contributed by atoms with Crippen molar-refractivity contribution in [1.29, 1.82) is 0 Å². The lowest BCUT2D eigenvalue weighted by atomic mass is 9.83. The summed E-state index contributed by atoms with van der Waals surface area (Å²) < 4.78 is 5.72. The van der Waals surface area contributed by atoms with Crippen LogP contribution in [0.2, 0.25) is 0 Å². The minimum absolute atomic E-state index is 0.0399. The maximum atomic E-state index is 12.5. The van der Waals surface area contributed by atoms with Crippen molar-refractivity contribution in [3.8, 4) is 0 Å². The van der Waals surface area contributed by atoms with E-state index < -0.39 is 5.60 Å². The van der Waals surface area contributed by atoms with E-state index in [1.165, 1.54) is 0 Å². The molecule has 2 aromatic carbocycles. The third-order valence-corrected chi connectivity index (χ3v) is 4.80. The van der Waals surface area contributed by atoms with Crippen molar-refractivity contribution in [3.05, 3.63) is 71.3 Å². The van der Waals surface area contributed by atoms with Crippen LogP contribution in [0.5, 0.6) is 0 Å². The van der Waals surface area contributed by atoms with Gasteiger partial charge in [-0.15, -0.1) is 0 Å². The molecule has 116 valence electrons. The Kier molecular flexibility index (Phi) is 3.18. The predicted molar refractivity (Wildman–Crippen MR) is 85.1 cm³/mol. The Hall–Kier alpha value is -2.62. The number of ether oxygens (including phenoxy) is 1. The van der Waals surface area contributed by atoms with E-state index in [0.717, 1.165) is 5.56 Å². The van der Waals surface area contributed by atoms with Gasteiger partial charge in [0, 0.05) is 37.1 Å². The number of carbonyl (C=O) groups excluding carboxylic acids is 2. The van der Waals surface area contributed by atoms with Gasteiger partial charge in [0.15, 0.2) is 0 Å². The number of rotatable bonds is 1. The predicted octanol–water partition coefficient (Wildman–Crippen LogP) is 2.99. The van der Waals surface area contributed by atoms with Crippen LogP contribution in [0.1, 0.15) is 39.1 Å². The zero-order valence-electron chi connectivity index (χ0n) is 12.7. The van der Waals surface area contributed by atoms with Crippen LogP contribution in [-0.2, 0) is 10.3 Å². The Morgan fingerprint density at radius 3 is 2.35 bits per heavy atom. The van der Waals surface area contributed by atoms with E-state index in [9.17, 15) is 9.59 Å². The second-order valence-corrected chi connectivity index (χ2v) is 6.09. The van der Waals surface area contributed by atoms with Crippen molar-refractivity contribution in [2.45, 2.75) is 18.4 Å². The molecule has 1 fully saturated rings. The van der Waals surface area contributed by atoms with Crippen LogP contribution >= 0.6 is 0 Å². The van der Waals surface area contributed by atoms with Gasteiger partial charge < -0.3 is 9.64 Å². The minimum atomic E-state index is -0.554. The first kappa shape index (κ1) is 14.0. The maximum absolute atomic E-state index is 12.5. The van der Waals surface area contributed by atoms with Crippen molar-refractivity contribution in [2.24, 2.45) is 0 Å². The second-order valence-electron chi connectivity index (χ2n) is 6.09. The molecule has 0 atom stereocenters. The Bertz CT molecular complexity index is 761. The number of piperidine rings is 1. The van der Waals surface area contributed by atoms with Crippen molar-refractivity contribution in [3.63, 3.8) is 0 Å². The highest BCUT2D eigenvalue weighted by Crippen LogP contribution is 2.44. The fraction of sp³-hybridized carbons (Fsp3) is 0.263. The first-order chi connectivity index (χ1) is 11.2. The standard InChI is InChI=1S/C19H17NO3/c21-17(14-6-2-1-3-7-14)20-12-10-19(11-13-20)16-9-5-4-8-15(16)18(22)23-19/h1-9H,10-13H2. The Balaban J connectivity index is 1.54. The number of amides is 1. The molecule has 0 bridgehead atoms. The zero-order valence-corrected chi connectivity index (χ0v) is 12.7. The van der Waals surface area contributed by atoms with Gasteiger partial charge in [-0.3, -0.25) is 4.79 Å². The van der Waals surface area contributed by atoms with E-state index in [-0.39, 0.29) is 11.9 Å². The molecule has 2 aromatic rings. The quantitative estimate of drug-likeness (QED) is 0.761. The lowest BCUT2D eigenvalue weighted by Gasteiger charge is -2.38. The van der Waals surface area contributed by atoms with Crippen LogP contribution in [0.15, 0.2) is 54.6 Å². The normalized spacial score (nSPS) is 18.6. The largest absolute Gasteiger partial charge is 0.450 e. The van der Waals surface area contributed by atoms with E-state index in [0.29, 0.717) is 37.1 Å². The smallest absolute Gasteiger partial charge is 0.339 e. The van der Waals surface area contributed by atoms with Gasteiger partial charge in [-0.25, -0.2) is 4.79 Å². The molecule has 0 radical (unpaired) electrons. The van der Waals surface area contributed by atoms with Crippen LogP contribution in [0.4, 0.5) is 0 Å². The first-order valence-corrected chi connectivity index (χ1v) is 7.87. The molecule has 1 spiro atoms. The van der Waals surface area contributed by atoms with Gasteiger partial charge in [-0.1, -0.05) is 36.4 Å². The van der Waals surface area contributed by atoms with Crippen LogP contribution in [0, 0.1) is 0 Å². The molecule has 0 saturated carbocycles. The van der Waals surface area contributed by atoms with Crippen molar-refractivity contribution < 1.29 is 14.3 Å². The second kappa shape index (κ2) is 5.23. The zero-order chi connectivity index (χ0) is 15.9. The van der Waals surface area contributed by atoms with E-state index in [1.807, 2.05) is 59.5 Å². The van der Waals surface area contributed by atoms with Gasteiger partial charge >= 0.3 is 5.97 Å². The number of esters is 1. The molecule has 4 nitrogen and oxygen atoms in total. The first-order valence-electron chi connectivity index (χ1n) is 7.87. The van der Waals surface area contributed by atoms with Gasteiger partial charge in [-0.2, -0.15) is 0 Å². The molecule has 1 amide bonds. The molecule has 0 N–H and O–H groups in total. The Morgan fingerprint density at radius 1 is 0.957 bits per heavy atom. The number of nitrogens with zero attached hydrogens (tertiary/aromatic N) is 1. The van der Waals surface area contributed by atoms with E-state index in [4.69, 9.17) is 4.74 Å². The molecule has 0 aliphatic carbocycles.